The Morgan fingerprint density at radius 1 is 1.33 bits per heavy atom. The van der Waals surface area contributed by atoms with E-state index in [9.17, 15) is 0 Å². The van der Waals surface area contributed by atoms with Crippen LogP contribution in [0.4, 0.5) is 0 Å². The van der Waals surface area contributed by atoms with E-state index in [1.165, 1.54) is 32.1 Å². The fraction of sp³-hybridized carbons (Fsp3) is 0.667. The van der Waals surface area contributed by atoms with Crippen molar-refractivity contribution in [2.45, 2.75) is 51.5 Å². The van der Waals surface area contributed by atoms with Crippen molar-refractivity contribution in [1.82, 2.24) is 4.98 Å². The Hall–Kier alpha value is -1.09. The van der Waals surface area contributed by atoms with E-state index in [0.717, 1.165) is 30.4 Å². The van der Waals surface area contributed by atoms with Crippen LogP contribution in [0.15, 0.2) is 18.3 Å². The Morgan fingerprint density at radius 3 is 2.72 bits per heavy atom. The van der Waals surface area contributed by atoms with Gasteiger partial charge in [0.15, 0.2) is 0 Å². The molecule has 0 bridgehead atoms. The fourth-order valence-corrected chi connectivity index (χ4v) is 2.47. The molecule has 1 unspecified atom stereocenters. The van der Waals surface area contributed by atoms with Gasteiger partial charge < -0.3 is 10.5 Å². The van der Waals surface area contributed by atoms with Crippen molar-refractivity contribution in [2.24, 2.45) is 11.7 Å². The highest BCUT2D eigenvalue weighted by atomic mass is 16.5. The number of rotatable bonds is 5. The molecule has 1 heterocycles. The molecule has 0 amide bonds. The van der Waals surface area contributed by atoms with Gasteiger partial charge in [-0.2, -0.15) is 0 Å². The summed E-state index contributed by atoms with van der Waals surface area (Å²) in [5.74, 6) is 1.60. The molecule has 1 aromatic rings. The Morgan fingerprint density at radius 2 is 2.11 bits per heavy atom. The van der Waals surface area contributed by atoms with Gasteiger partial charge in [0, 0.05) is 6.04 Å². The van der Waals surface area contributed by atoms with Crippen LogP contribution in [-0.2, 0) is 0 Å². The van der Waals surface area contributed by atoms with Gasteiger partial charge >= 0.3 is 0 Å². The second-order valence-corrected chi connectivity index (χ2v) is 5.25. The van der Waals surface area contributed by atoms with Crippen LogP contribution < -0.4 is 10.5 Å². The number of pyridine rings is 1. The zero-order valence-electron chi connectivity index (χ0n) is 11.3. The van der Waals surface area contributed by atoms with E-state index in [1.54, 1.807) is 6.20 Å². The summed E-state index contributed by atoms with van der Waals surface area (Å²) in [6.45, 7) is 2.90. The molecule has 0 spiro atoms. The van der Waals surface area contributed by atoms with E-state index in [4.69, 9.17) is 10.5 Å². The highest BCUT2D eigenvalue weighted by molar-refractivity contribution is 5.21. The second kappa shape index (κ2) is 6.74. The number of ether oxygens (including phenoxy) is 1. The highest BCUT2D eigenvalue weighted by Gasteiger charge is 2.14. The molecule has 1 aromatic heterocycles. The normalized spacial score (nSPS) is 18.6. The van der Waals surface area contributed by atoms with Crippen molar-refractivity contribution in [2.75, 3.05) is 6.61 Å². The third-order valence-electron chi connectivity index (χ3n) is 3.79. The molecule has 1 atom stereocenters. The summed E-state index contributed by atoms with van der Waals surface area (Å²) in [6, 6.07) is 4.00. The molecule has 18 heavy (non-hydrogen) atoms. The third kappa shape index (κ3) is 3.70. The highest BCUT2D eigenvalue weighted by Crippen LogP contribution is 2.24. The summed E-state index contributed by atoms with van der Waals surface area (Å²) in [6.07, 6.45) is 9.44. The minimum Gasteiger partial charge on any atom is -0.492 e. The number of aromatic nitrogens is 1. The molecular weight excluding hydrogens is 224 g/mol. The maximum Gasteiger partial charge on any atom is 0.137 e. The lowest BCUT2D eigenvalue weighted by Crippen LogP contribution is -2.15. The average Bonchev–Trinajstić information content (AvgIpc) is 2.46. The quantitative estimate of drug-likeness (QED) is 0.868. The molecule has 0 radical (unpaired) electrons. The van der Waals surface area contributed by atoms with E-state index in [-0.39, 0.29) is 6.04 Å². The monoisotopic (exact) mass is 248 g/mol. The lowest BCUT2D eigenvalue weighted by Gasteiger charge is -2.21. The standard InChI is InChI=1S/C15H24N2O/c1-2-14(16)15-9-8-13(10-17-15)18-11-12-6-4-3-5-7-12/h8-10,12,14H,2-7,11,16H2,1H3. The zero-order valence-corrected chi connectivity index (χ0v) is 11.3. The summed E-state index contributed by atoms with van der Waals surface area (Å²) in [7, 11) is 0. The first-order valence-corrected chi connectivity index (χ1v) is 7.14. The SMILES string of the molecule is CCC(N)c1ccc(OCC2CCCCC2)cn1. The molecule has 3 heteroatoms. The predicted octanol–water partition coefficient (Wildman–Crippen LogP) is 3.45. The lowest BCUT2D eigenvalue weighted by atomic mass is 9.90. The number of nitrogens with zero attached hydrogens (tertiary/aromatic N) is 1. The molecule has 1 aliphatic carbocycles. The van der Waals surface area contributed by atoms with E-state index in [0.29, 0.717) is 0 Å². The summed E-state index contributed by atoms with van der Waals surface area (Å²) in [5.41, 5.74) is 6.88. The lowest BCUT2D eigenvalue weighted by molar-refractivity contribution is 0.208. The molecule has 0 aromatic carbocycles. The number of nitrogens with two attached hydrogens (primary N) is 1. The molecular formula is C15H24N2O. The minimum absolute atomic E-state index is 0.0393. The van der Waals surface area contributed by atoms with E-state index in [2.05, 4.69) is 11.9 Å². The molecule has 1 saturated carbocycles. The van der Waals surface area contributed by atoms with Crippen molar-refractivity contribution in [1.29, 1.82) is 0 Å². The van der Waals surface area contributed by atoms with Crippen molar-refractivity contribution < 1.29 is 4.74 Å². The first kappa shape index (κ1) is 13.3. The van der Waals surface area contributed by atoms with Crippen LogP contribution in [0.3, 0.4) is 0 Å². The van der Waals surface area contributed by atoms with Gasteiger partial charge in [-0.25, -0.2) is 0 Å². The molecule has 3 nitrogen and oxygen atoms in total. The van der Waals surface area contributed by atoms with Crippen LogP contribution in [0, 0.1) is 5.92 Å². The second-order valence-electron chi connectivity index (χ2n) is 5.25. The van der Waals surface area contributed by atoms with Crippen molar-refractivity contribution in [3.8, 4) is 5.75 Å². The topological polar surface area (TPSA) is 48.1 Å². The first-order chi connectivity index (χ1) is 8.79. The minimum atomic E-state index is 0.0393. The van der Waals surface area contributed by atoms with Gasteiger partial charge in [-0.3, -0.25) is 4.98 Å². The molecule has 2 N–H and O–H groups in total. The Bertz CT molecular complexity index is 344. The Kier molecular flexibility index (Phi) is 5.00. The van der Waals surface area contributed by atoms with Gasteiger partial charge in [-0.1, -0.05) is 26.2 Å². The van der Waals surface area contributed by atoms with Crippen LogP contribution in [-0.4, -0.2) is 11.6 Å². The molecule has 100 valence electrons. The van der Waals surface area contributed by atoms with Crippen LogP contribution in [0.5, 0.6) is 5.75 Å². The van der Waals surface area contributed by atoms with Crippen LogP contribution in [0.1, 0.15) is 57.2 Å². The largest absolute Gasteiger partial charge is 0.492 e. The Labute approximate surface area is 110 Å². The van der Waals surface area contributed by atoms with Crippen LogP contribution in [0.25, 0.3) is 0 Å². The van der Waals surface area contributed by atoms with Crippen LogP contribution in [0.2, 0.25) is 0 Å². The number of hydrogen-bond acceptors (Lipinski definition) is 3. The average molecular weight is 248 g/mol. The fourth-order valence-electron chi connectivity index (χ4n) is 2.47. The molecule has 1 aliphatic rings. The summed E-state index contributed by atoms with van der Waals surface area (Å²) in [5, 5.41) is 0. The maximum atomic E-state index is 5.93. The van der Waals surface area contributed by atoms with Crippen LogP contribution >= 0.6 is 0 Å². The molecule has 2 rings (SSSR count). The summed E-state index contributed by atoms with van der Waals surface area (Å²) in [4.78, 5) is 4.36. The smallest absolute Gasteiger partial charge is 0.137 e. The van der Waals surface area contributed by atoms with E-state index >= 15 is 0 Å². The van der Waals surface area contributed by atoms with Crippen molar-refractivity contribution in [3.05, 3.63) is 24.0 Å². The first-order valence-electron chi connectivity index (χ1n) is 7.14. The zero-order chi connectivity index (χ0) is 12.8. The predicted molar refractivity (Wildman–Crippen MR) is 73.5 cm³/mol. The van der Waals surface area contributed by atoms with Crippen molar-refractivity contribution in [3.63, 3.8) is 0 Å². The van der Waals surface area contributed by atoms with Gasteiger partial charge in [-0.05, 0) is 37.3 Å². The maximum absolute atomic E-state index is 5.93. The van der Waals surface area contributed by atoms with Gasteiger partial charge in [-0.15, -0.1) is 0 Å². The number of hydrogen-bond donors (Lipinski definition) is 1. The van der Waals surface area contributed by atoms with Crippen molar-refractivity contribution >= 4 is 0 Å². The summed E-state index contributed by atoms with van der Waals surface area (Å²) < 4.78 is 5.81. The van der Waals surface area contributed by atoms with Gasteiger partial charge in [0.05, 0.1) is 18.5 Å². The molecule has 0 saturated heterocycles. The van der Waals surface area contributed by atoms with Gasteiger partial charge in [0.1, 0.15) is 5.75 Å². The van der Waals surface area contributed by atoms with E-state index < -0.39 is 0 Å². The van der Waals surface area contributed by atoms with Gasteiger partial charge in [0.25, 0.3) is 0 Å². The Balaban J connectivity index is 1.82. The van der Waals surface area contributed by atoms with Gasteiger partial charge in [0.2, 0.25) is 0 Å². The van der Waals surface area contributed by atoms with E-state index in [1.807, 2.05) is 12.1 Å². The molecule has 1 fully saturated rings. The third-order valence-corrected chi connectivity index (χ3v) is 3.79. The molecule has 0 aliphatic heterocycles. The summed E-state index contributed by atoms with van der Waals surface area (Å²) >= 11 is 0.